The van der Waals surface area contributed by atoms with Crippen LogP contribution < -0.4 is 10.6 Å². The first-order chi connectivity index (χ1) is 11.1. The number of hydrogen-bond acceptors (Lipinski definition) is 4. The minimum atomic E-state index is 0.509. The molecule has 0 bridgehead atoms. The minimum absolute atomic E-state index is 0.509. The predicted molar refractivity (Wildman–Crippen MR) is 94.6 cm³/mol. The van der Waals surface area contributed by atoms with Gasteiger partial charge in [0.15, 0.2) is 0 Å². The highest BCUT2D eigenvalue weighted by molar-refractivity contribution is 6.35. The van der Waals surface area contributed by atoms with Gasteiger partial charge in [-0.3, -0.25) is 0 Å². The molecular formula is C16H15Cl2N5. The monoisotopic (exact) mass is 347 g/mol. The molecule has 2 aromatic carbocycles. The van der Waals surface area contributed by atoms with Gasteiger partial charge in [-0.25, -0.2) is 5.10 Å². The van der Waals surface area contributed by atoms with Crippen LogP contribution in [0.25, 0.3) is 0 Å². The molecule has 0 amide bonds. The number of nitrogens with one attached hydrogen (secondary N) is 3. The van der Waals surface area contributed by atoms with Crippen molar-refractivity contribution in [3.63, 3.8) is 0 Å². The quantitative estimate of drug-likeness (QED) is 0.621. The van der Waals surface area contributed by atoms with Crippen molar-refractivity contribution in [1.82, 2.24) is 15.2 Å². The van der Waals surface area contributed by atoms with Gasteiger partial charge in [0.1, 0.15) is 0 Å². The summed E-state index contributed by atoms with van der Waals surface area (Å²) in [6.07, 6.45) is 0. The Kier molecular flexibility index (Phi) is 4.69. The van der Waals surface area contributed by atoms with Gasteiger partial charge in [-0.05, 0) is 30.7 Å². The number of H-pyrrole nitrogens is 1. The summed E-state index contributed by atoms with van der Waals surface area (Å²) in [4.78, 5) is 4.32. The van der Waals surface area contributed by atoms with Crippen LogP contribution >= 0.6 is 23.2 Å². The van der Waals surface area contributed by atoms with Crippen LogP contribution in [0.3, 0.4) is 0 Å². The summed E-state index contributed by atoms with van der Waals surface area (Å²) in [5.74, 6) is 1.02. The Hall–Kier alpha value is -2.24. The molecule has 118 valence electrons. The number of rotatable bonds is 5. The molecule has 0 aliphatic carbocycles. The van der Waals surface area contributed by atoms with Gasteiger partial charge in [0.2, 0.25) is 11.9 Å². The zero-order valence-electron chi connectivity index (χ0n) is 12.4. The van der Waals surface area contributed by atoms with Gasteiger partial charge in [0.05, 0.1) is 0 Å². The second kappa shape index (κ2) is 6.89. The Morgan fingerprint density at radius 1 is 1.04 bits per heavy atom. The summed E-state index contributed by atoms with van der Waals surface area (Å²) in [7, 11) is 0. The van der Waals surface area contributed by atoms with Crippen molar-refractivity contribution in [3.05, 3.63) is 63.6 Å². The van der Waals surface area contributed by atoms with Crippen LogP contribution in [0.1, 0.15) is 11.1 Å². The van der Waals surface area contributed by atoms with E-state index in [9.17, 15) is 0 Å². The maximum atomic E-state index is 5.97. The molecular weight excluding hydrogens is 333 g/mol. The van der Waals surface area contributed by atoms with Crippen LogP contribution in [-0.4, -0.2) is 15.2 Å². The second-order valence-electron chi connectivity index (χ2n) is 5.13. The highest BCUT2D eigenvalue weighted by Gasteiger charge is 2.05. The fraction of sp³-hybridized carbons (Fsp3) is 0.125. The van der Waals surface area contributed by atoms with Crippen molar-refractivity contribution >= 4 is 40.8 Å². The molecule has 0 radical (unpaired) electrons. The van der Waals surface area contributed by atoms with E-state index in [0.29, 0.717) is 28.5 Å². The topological polar surface area (TPSA) is 65.6 Å². The van der Waals surface area contributed by atoms with E-state index in [-0.39, 0.29) is 0 Å². The summed E-state index contributed by atoms with van der Waals surface area (Å²) in [6, 6.07) is 13.5. The van der Waals surface area contributed by atoms with E-state index in [2.05, 4.69) is 57.0 Å². The first-order valence-electron chi connectivity index (χ1n) is 7.03. The van der Waals surface area contributed by atoms with E-state index in [1.165, 1.54) is 5.56 Å². The van der Waals surface area contributed by atoms with Crippen LogP contribution in [0.2, 0.25) is 10.0 Å². The average molecular weight is 348 g/mol. The van der Waals surface area contributed by atoms with E-state index in [1.807, 2.05) is 0 Å². The Bertz CT molecular complexity index is 778. The van der Waals surface area contributed by atoms with E-state index in [0.717, 1.165) is 11.3 Å². The van der Waals surface area contributed by atoms with E-state index < -0.39 is 0 Å². The second-order valence-corrected chi connectivity index (χ2v) is 6.00. The number of benzene rings is 2. The van der Waals surface area contributed by atoms with Crippen LogP contribution in [0.4, 0.5) is 17.6 Å². The first kappa shape index (κ1) is 15.6. The van der Waals surface area contributed by atoms with Gasteiger partial charge >= 0.3 is 0 Å². The molecule has 0 fully saturated rings. The Balaban J connectivity index is 1.62. The van der Waals surface area contributed by atoms with E-state index in [1.54, 1.807) is 18.2 Å². The van der Waals surface area contributed by atoms with Gasteiger partial charge in [-0.1, -0.05) is 53.0 Å². The fourth-order valence-corrected chi connectivity index (χ4v) is 2.57. The average Bonchev–Trinajstić information content (AvgIpc) is 2.93. The van der Waals surface area contributed by atoms with Crippen molar-refractivity contribution in [2.45, 2.75) is 13.5 Å². The van der Waals surface area contributed by atoms with Gasteiger partial charge in [-0.2, -0.15) is 4.98 Å². The van der Waals surface area contributed by atoms with Gasteiger partial charge in [0.25, 0.3) is 0 Å². The number of aromatic amines is 1. The molecule has 3 aromatic rings. The highest BCUT2D eigenvalue weighted by Crippen LogP contribution is 2.24. The number of anilines is 3. The lowest BCUT2D eigenvalue weighted by atomic mass is 10.1. The minimum Gasteiger partial charge on any atom is -0.349 e. The molecule has 0 atom stereocenters. The lowest BCUT2D eigenvalue weighted by Gasteiger charge is -2.04. The third kappa shape index (κ3) is 4.37. The number of nitrogens with zero attached hydrogens (tertiary/aromatic N) is 2. The van der Waals surface area contributed by atoms with Crippen LogP contribution in [0, 0.1) is 6.92 Å². The Labute approximate surface area is 144 Å². The summed E-state index contributed by atoms with van der Waals surface area (Å²) < 4.78 is 0. The van der Waals surface area contributed by atoms with Crippen molar-refractivity contribution in [1.29, 1.82) is 0 Å². The maximum absolute atomic E-state index is 5.97. The molecule has 5 nitrogen and oxygen atoms in total. The highest BCUT2D eigenvalue weighted by atomic mass is 35.5. The normalized spacial score (nSPS) is 10.6. The summed E-state index contributed by atoms with van der Waals surface area (Å²) in [5.41, 5.74) is 3.14. The van der Waals surface area contributed by atoms with Crippen molar-refractivity contribution in [2.24, 2.45) is 0 Å². The lowest BCUT2D eigenvalue weighted by Crippen LogP contribution is -2.01. The third-order valence-electron chi connectivity index (χ3n) is 3.18. The van der Waals surface area contributed by atoms with Crippen LogP contribution in [0.5, 0.6) is 0 Å². The van der Waals surface area contributed by atoms with Crippen LogP contribution in [0.15, 0.2) is 42.5 Å². The van der Waals surface area contributed by atoms with Gasteiger partial charge < -0.3 is 10.6 Å². The molecule has 0 aliphatic rings. The van der Waals surface area contributed by atoms with Crippen LogP contribution in [-0.2, 0) is 6.54 Å². The zero-order chi connectivity index (χ0) is 16.2. The first-order valence-corrected chi connectivity index (χ1v) is 7.79. The van der Waals surface area contributed by atoms with Gasteiger partial charge in [-0.15, -0.1) is 5.10 Å². The molecule has 1 aromatic heterocycles. The molecule has 3 rings (SSSR count). The number of hydrogen-bond donors (Lipinski definition) is 3. The Morgan fingerprint density at radius 3 is 2.43 bits per heavy atom. The maximum Gasteiger partial charge on any atom is 0.243 e. The molecule has 0 saturated carbocycles. The lowest BCUT2D eigenvalue weighted by molar-refractivity contribution is 1.04. The largest absolute Gasteiger partial charge is 0.349 e. The molecule has 7 heteroatoms. The molecule has 3 N–H and O–H groups in total. The number of aromatic nitrogens is 3. The molecule has 0 aliphatic heterocycles. The standard InChI is InChI=1S/C16H15Cl2N5/c1-10-2-4-11(5-3-10)9-19-15-21-16(23-22-15)20-14-7-12(17)6-13(18)8-14/h2-8H,9H2,1H3,(H3,19,20,21,22,23). The third-order valence-corrected chi connectivity index (χ3v) is 3.62. The molecule has 23 heavy (non-hydrogen) atoms. The van der Waals surface area contributed by atoms with Crippen molar-refractivity contribution in [3.8, 4) is 0 Å². The Morgan fingerprint density at radius 2 is 1.74 bits per heavy atom. The molecule has 0 unspecified atom stereocenters. The summed E-state index contributed by atoms with van der Waals surface area (Å²) >= 11 is 11.9. The summed E-state index contributed by atoms with van der Waals surface area (Å²) in [6.45, 7) is 2.72. The van der Waals surface area contributed by atoms with Gasteiger partial charge in [0, 0.05) is 22.3 Å². The van der Waals surface area contributed by atoms with E-state index >= 15 is 0 Å². The molecule has 1 heterocycles. The summed E-state index contributed by atoms with van der Waals surface area (Å²) in [5, 5.41) is 14.3. The fourth-order valence-electron chi connectivity index (χ4n) is 2.05. The van der Waals surface area contributed by atoms with Crippen molar-refractivity contribution < 1.29 is 0 Å². The molecule has 0 spiro atoms. The molecule has 0 saturated heterocycles. The van der Waals surface area contributed by atoms with Crippen molar-refractivity contribution in [2.75, 3.05) is 10.6 Å². The smallest absolute Gasteiger partial charge is 0.243 e. The predicted octanol–water partition coefficient (Wildman–Crippen LogP) is 4.78. The zero-order valence-corrected chi connectivity index (χ0v) is 13.9. The SMILES string of the molecule is Cc1ccc(CNc2n[nH]c(Nc3cc(Cl)cc(Cl)c3)n2)cc1. The van der Waals surface area contributed by atoms with E-state index in [4.69, 9.17) is 23.2 Å². The number of halogens is 2. The number of aryl methyl sites for hydroxylation is 1.